The zero-order valence-corrected chi connectivity index (χ0v) is 13.9. The summed E-state index contributed by atoms with van der Waals surface area (Å²) in [6.45, 7) is 2.64. The predicted molar refractivity (Wildman–Crippen MR) is 93.3 cm³/mol. The van der Waals surface area contributed by atoms with Crippen LogP contribution in [0.25, 0.3) is 11.5 Å². The average Bonchev–Trinajstić information content (AvgIpc) is 3.09. The molecular formula is C19H19N3O3. The molecule has 6 nitrogen and oxygen atoms in total. The van der Waals surface area contributed by atoms with Crippen molar-refractivity contribution in [2.75, 3.05) is 6.54 Å². The molecule has 0 fully saturated rings. The highest BCUT2D eigenvalue weighted by Crippen LogP contribution is 2.26. The largest absolute Gasteiger partial charge is 0.457 e. The Balaban J connectivity index is 1.70. The van der Waals surface area contributed by atoms with E-state index in [2.05, 4.69) is 15.5 Å². The Morgan fingerprint density at radius 2 is 1.92 bits per heavy atom. The smallest absolute Gasteiger partial charge is 0.258 e. The summed E-state index contributed by atoms with van der Waals surface area (Å²) in [5, 5.41) is 6.65. The summed E-state index contributed by atoms with van der Waals surface area (Å²) in [6, 6.07) is 16.9. The molecule has 3 aromatic rings. The maximum absolute atomic E-state index is 11.7. The van der Waals surface area contributed by atoms with Crippen LogP contribution < -0.4 is 10.1 Å². The van der Waals surface area contributed by atoms with Gasteiger partial charge in [0, 0.05) is 12.1 Å². The molecule has 6 heteroatoms. The number of para-hydroxylation sites is 1. The van der Waals surface area contributed by atoms with Crippen molar-refractivity contribution in [3.05, 3.63) is 60.4 Å². The van der Waals surface area contributed by atoms with E-state index in [-0.39, 0.29) is 12.3 Å². The van der Waals surface area contributed by atoms with Crippen LogP contribution in [0.5, 0.6) is 11.5 Å². The highest BCUT2D eigenvalue weighted by molar-refractivity contribution is 5.77. The van der Waals surface area contributed by atoms with Gasteiger partial charge in [0.25, 0.3) is 5.89 Å². The summed E-state index contributed by atoms with van der Waals surface area (Å²) in [4.78, 5) is 16.0. The van der Waals surface area contributed by atoms with Gasteiger partial charge in [-0.25, -0.2) is 0 Å². The number of carbonyl (C=O) groups excluding carboxylic acids is 1. The van der Waals surface area contributed by atoms with Crippen LogP contribution in [0.3, 0.4) is 0 Å². The molecule has 0 aliphatic rings. The second-order valence-corrected chi connectivity index (χ2v) is 5.49. The highest BCUT2D eigenvalue weighted by Gasteiger charge is 2.12. The fraction of sp³-hybridized carbons (Fsp3) is 0.211. The van der Waals surface area contributed by atoms with Crippen molar-refractivity contribution in [3.63, 3.8) is 0 Å². The fourth-order valence-electron chi connectivity index (χ4n) is 2.23. The van der Waals surface area contributed by atoms with Gasteiger partial charge in [0.05, 0.1) is 6.42 Å². The topological polar surface area (TPSA) is 77.2 Å². The van der Waals surface area contributed by atoms with Gasteiger partial charge in [-0.2, -0.15) is 4.98 Å². The van der Waals surface area contributed by atoms with Crippen molar-refractivity contribution in [2.45, 2.75) is 19.8 Å². The van der Waals surface area contributed by atoms with E-state index in [4.69, 9.17) is 9.26 Å². The van der Waals surface area contributed by atoms with Crippen molar-refractivity contribution >= 4 is 5.91 Å². The number of aromatic nitrogens is 2. The second-order valence-electron chi connectivity index (χ2n) is 5.49. The molecule has 0 atom stereocenters. The monoisotopic (exact) mass is 337 g/mol. The molecule has 0 radical (unpaired) electrons. The van der Waals surface area contributed by atoms with E-state index in [0.29, 0.717) is 24.0 Å². The lowest BCUT2D eigenvalue weighted by Gasteiger charge is -2.05. The molecule has 0 saturated carbocycles. The summed E-state index contributed by atoms with van der Waals surface area (Å²) >= 11 is 0. The Bertz CT molecular complexity index is 831. The standard InChI is InChI=1S/C19H19N3O3/c1-2-11-20-18(23)13-17-21-19(25-22-17)14-7-6-10-16(12-14)24-15-8-4-3-5-9-15/h3-10,12H,2,11,13H2,1H3,(H,20,23). The van der Waals surface area contributed by atoms with Crippen molar-refractivity contribution in [1.82, 2.24) is 15.5 Å². The minimum absolute atomic E-state index is 0.101. The first-order valence-corrected chi connectivity index (χ1v) is 8.17. The van der Waals surface area contributed by atoms with Gasteiger partial charge < -0.3 is 14.6 Å². The minimum atomic E-state index is -0.115. The van der Waals surface area contributed by atoms with Gasteiger partial charge in [0.2, 0.25) is 5.91 Å². The molecule has 128 valence electrons. The van der Waals surface area contributed by atoms with E-state index < -0.39 is 0 Å². The van der Waals surface area contributed by atoms with Gasteiger partial charge in [-0.3, -0.25) is 4.79 Å². The Labute approximate surface area is 145 Å². The van der Waals surface area contributed by atoms with Gasteiger partial charge >= 0.3 is 0 Å². The first-order chi connectivity index (χ1) is 12.2. The quantitative estimate of drug-likeness (QED) is 0.713. The molecule has 2 aromatic carbocycles. The Morgan fingerprint density at radius 3 is 2.72 bits per heavy atom. The highest BCUT2D eigenvalue weighted by atomic mass is 16.5. The third kappa shape index (κ3) is 4.67. The van der Waals surface area contributed by atoms with Gasteiger partial charge in [0.1, 0.15) is 11.5 Å². The van der Waals surface area contributed by atoms with Crippen molar-refractivity contribution < 1.29 is 14.1 Å². The van der Waals surface area contributed by atoms with Crippen molar-refractivity contribution in [2.24, 2.45) is 0 Å². The van der Waals surface area contributed by atoms with Crippen LogP contribution in [0.1, 0.15) is 19.2 Å². The Morgan fingerprint density at radius 1 is 1.12 bits per heavy atom. The Kier molecular flexibility index (Phi) is 5.41. The molecule has 0 spiro atoms. The molecule has 0 aliphatic heterocycles. The van der Waals surface area contributed by atoms with Crippen LogP contribution in [0, 0.1) is 0 Å². The fourth-order valence-corrected chi connectivity index (χ4v) is 2.23. The number of benzene rings is 2. The summed E-state index contributed by atoms with van der Waals surface area (Å²) in [5.74, 6) is 2.02. The van der Waals surface area contributed by atoms with Gasteiger partial charge in [-0.1, -0.05) is 36.3 Å². The molecule has 1 heterocycles. The maximum Gasteiger partial charge on any atom is 0.258 e. The molecule has 3 rings (SSSR count). The zero-order valence-electron chi connectivity index (χ0n) is 13.9. The van der Waals surface area contributed by atoms with Crippen molar-refractivity contribution in [1.29, 1.82) is 0 Å². The number of carbonyl (C=O) groups is 1. The van der Waals surface area contributed by atoms with Gasteiger partial charge in [-0.05, 0) is 36.8 Å². The maximum atomic E-state index is 11.7. The average molecular weight is 337 g/mol. The van der Waals surface area contributed by atoms with Gasteiger partial charge in [0.15, 0.2) is 5.82 Å². The third-order valence-electron chi connectivity index (χ3n) is 3.42. The molecule has 0 saturated heterocycles. The van der Waals surface area contributed by atoms with Crippen LogP contribution in [0.2, 0.25) is 0 Å². The number of rotatable bonds is 7. The number of nitrogens with one attached hydrogen (secondary N) is 1. The van der Waals surface area contributed by atoms with Crippen LogP contribution in [-0.2, 0) is 11.2 Å². The van der Waals surface area contributed by atoms with Crippen LogP contribution in [0.4, 0.5) is 0 Å². The van der Waals surface area contributed by atoms with E-state index in [1.54, 1.807) is 0 Å². The second kappa shape index (κ2) is 8.10. The lowest BCUT2D eigenvalue weighted by molar-refractivity contribution is -0.120. The van der Waals surface area contributed by atoms with Crippen LogP contribution in [0.15, 0.2) is 59.1 Å². The first kappa shape index (κ1) is 16.7. The summed E-state index contributed by atoms with van der Waals surface area (Å²) in [5.41, 5.74) is 0.737. The minimum Gasteiger partial charge on any atom is -0.457 e. The van der Waals surface area contributed by atoms with Crippen LogP contribution in [-0.4, -0.2) is 22.6 Å². The number of ether oxygens (including phenoxy) is 1. The molecular weight excluding hydrogens is 318 g/mol. The van der Waals surface area contributed by atoms with Gasteiger partial charge in [-0.15, -0.1) is 0 Å². The van der Waals surface area contributed by atoms with E-state index >= 15 is 0 Å². The lowest BCUT2D eigenvalue weighted by Crippen LogP contribution is -2.26. The molecule has 0 unspecified atom stereocenters. The van der Waals surface area contributed by atoms with Crippen molar-refractivity contribution in [3.8, 4) is 23.0 Å². The molecule has 1 amide bonds. The zero-order chi connectivity index (χ0) is 17.5. The van der Waals surface area contributed by atoms with E-state index in [9.17, 15) is 4.79 Å². The number of nitrogens with zero attached hydrogens (tertiary/aromatic N) is 2. The normalized spacial score (nSPS) is 10.4. The molecule has 1 aromatic heterocycles. The third-order valence-corrected chi connectivity index (χ3v) is 3.42. The predicted octanol–water partition coefficient (Wildman–Crippen LogP) is 3.60. The molecule has 0 bridgehead atoms. The van der Waals surface area contributed by atoms with E-state index in [0.717, 1.165) is 17.7 Å². The number of hydrogen-bond donors (Lipinski definition) is 1. The molecule has 1 N–H and O–H groups in total. The van der Waals surface area contributed by atoms with Crippen LogP contribution >= 0.6 is 0 Å². The summed E-state index contributed by atoms with van der Waals surface area (Å²) in [6.07, 6.45) is 0.987. The molecule has 25 heavy (non-hydrogen) atoms. The first-order valence-electron chi connectivity index (χ1n) is 8.17. The lowest BCUT2D eigenvalue weighted by atomic mass is 10.2. The summed E-state index contributed by atoms with van der Waals surface area (Å²) < 4.78 is 11.1. The van der Waals surface area contributed by atoms with E-state index in [1.807, 2.05) is 61.5 Å². The Hall–Kier alpha value is -3.15. The number of hydrogen-bond acceptors (Lipinski definition) is 5. The van der Waals surface area contributed by atoms with E-state index in [1.165, 1.54) is 0 Å². The summed E-state index contributed by atoms with van der Waals surface area (Å²) in [7, 11) is 0. The molecule has 0 aliphatic carbocycles. The SMILES string of the molecule is CCCNC(=O)Cc1noc(-c2cccc(Oc3ccccc3)c2)n1. The number of amides is 1.